The van der Waals surface area contributed by atoms with E-state index in [9.17, 15) is 4.79 Å². The van der Waals surface area contributed by atoms with Crippen molar-refractivity contribution in [1.29, 1.82) is 0 Å². The van der Waals surface area contributed by atoms with Crippen molar-refractivity contribution in [2.45, 2.75) is 45.4 Å². The molecule has 0 saturated heterocycles. The number of para-hydroxylation sites is 1. The van der Waals surface area contributed by atoms with Crippen LogP contribution in [-0.4, -0.2) is 27.9 Å². The first kappa shape index (κ1) is 17.1. The number of rotatable bonds is 5. The number of unbranched alkanes of at least 4 members (excludes halogenated alkanes) is 1. The van der Waals surface area contributed by atoms with Gasteiger partial charge in [-0.3, -0.25) is 4.79 Å². The summed E-state index contributed by atoms with van der Waals surface area (Å²) in [4.78, 5) is 10.5. The van der Waals surface area contributed by atoms with E-state index in [4.69, 9.17) is 5.11 Å². The van der Waals surface area contributed by atoms with E-state index >= 15 is 0 Å². The Bertz CT molecular complexity index is 535. The predicted octanol–water partition coefficient (Wildman–Crippen LogP) is 0.342. The summed E-state index contributed by atoms with van der Waals surface area (Å²) in [6.45, 7) is 7.58. The van der Waals surface area contributed by atoms with E-state index in [1.165, 1.54) is 17.0 Å². The van der Waals surface area contributed by atoms with Crippen LogP contribution in [0.5, 0.6) is 0 Å². The lowest BCUT2D eigenvalue weighted by Gasteiger charge is -2.14. The van der Waals surface area contributed by atoms with Gasteiger partial charge >= 0.3 is 5.97 Å². The van der Waals surface area contributed by atoms with Gasteiger partial charge in [0.15, 0.2) is 5.71 Å². The van der Waals surface area contributed by atoms with Crippen molar-refractivity contribution in [3.8, 4) is 0 Å². The van der Waals surface area contributed by atoms with Crippen LogP contribution in [0.1, 0.15) is 45.6 Å². The molecule has 0 aliphatic carbocycles. The normalized spacial score (nSPS) is 15.8. The number of fused-ring (bicyclic) bond motifs is 1. The average Bonchev–Trinajstić information content (AvgIpc) is 2.55. The van der Waals surface area contributed by atoms with Crippen molar-refractivity contribution in [1.82, 2.24) is 0 Å². The van der Waals surface area contributed by atoms with Crippen LogP contribution < -0.4 is 24.0 Å². The van der Waals surface area contributed by atoms with E-state index < -0.39 is 5.97 Å². The van der Waals surface area contributed by atoms with Gasteiger partial charge in [-0.1, -0.05) is 18.2 Å². The molecule has 1 aliphatic heterocycles. The maximum absolute atomic E-state index is 10.5. The first-order valence-corrected chi connectivity index (χ1v) is 6.87. The zero-order valence-corrected chi connectivity index (χ0v) is 14.5. The van der Waals surface area contributed by atoms with Crippen molar-refractivity contribution in [3.05, 3.63) is 29.8 Å². The van der Waals surface area contributed by atoms with E-state index in [-0.39, 0.29) is 35.8 Å². The zero-order chi connectivity index (χ0) is 14.0. The topological polar surface area (TPSA) is 40.3 Å². The molecule has 0 saturated carbocycles. The second-order valence-electron chi connectivity index (χ2n) is 5.73. The molecule has 0 radical (unpaired) electrons. The van der Waals surface area contributed by atoms with Gasteiger partial charge in [0.25, 0.3) is 0 Å². The maximum atomic E-state index is 10.5. The molecular formula is C16H22INO2. The van der Waals surface area contributed by atoms with Gasteiger partial charge in [0.1, 0.15) is 6.54 Å². The molecule has 1 aliphatic rings. The molecule has 1 N–H and O–H groups in total. The molecule has 0 spiro atoms. The summed E-state index contributed by atoms with van der Waals surface area (Å²) in [5.41, 5.74) is 4.07. The Balaban J connectivity index is 0.00000200. The fourth-order valence-corrected chi connectivity index (χ4v) is 2.78. The lowest BCUT2D eigenvalue weighted by molar-refractivity contribution is -0.439. The quantitative estimate of drug-likeness (QED) is 0.450. The summed E-state index contributed by atoms with van der Waals surface area (Å²) in [6, 6.07) is 8.50. The van der Waals surface area contributed by atoms with Crippen molar-refractivity contribution < 1.29 is 38.5 Å². The Morgan fingerprint density at radius 3 is 2.55 bits per heavy atom. The van der Waals surface area contributed by atoms with Crippen LogP contribution in [0.4, 0.5) is 5.69 Å². The summed E-state index contributed by atoms with van der Waals surface area (Å²) in [5.74, 6) is -0.706. The van der Waals surface area contributed by atoms with Crippen molar-refractivity contribution in [2.24, 2.45) is 0 Å². The molecule has 1 aromatic carbocycles. The third kappa shape index (κ3) is 3.22. The Labute approximate surface area is 137 Å². The predicted molar refractivity (Wildman–Crippen MR) is 76.4 cm³/mol. The number of aliphatic carboxylic acids is 1. The van der Waals surface area contributed by atoms with E-state index in [1.54, 1.807) is 0 Å². The number of benzene rings is 1. The van der Waals surface area contributed by atoms with Gasteiger partial charge < -0.3 is 29.1 Å². The molecule has 1 aromatic rings. The van der Waals surface area contributed by atoms with Gasteiger partial charge in [-0.15, -0.1) is 0 Å². The van der Waals surface area contributed by atoms with Gasteiger partial charge in [0, 0.05) is 31.4 Å². The molecule has 2 rings (SSSR count). The van der Waals surface area contributed by atoms with Crippen molar-refractivity contribution in [3.63, 3.8) is 0 Å². The first-order valence-electron chi connectivity index (χ1n) is 6.87. The van der Waals surface area contributed by atoms with Crippen LogP contribution in [0, 0.1) is 0 Å². The van der Waals surface area contributed by atoms with Gasteiger partial charge in [-0.05, 0) is 20.3 Å². The fourth-order valence-electron chi connectivity index (χ4n) is 2.78. The van der Waals surface area contributed by atoms with Crippen molar-refractivity contribution >= 4 is 17.4 Å². The molecule has 3 nitrogen and oxygen atoms in total. The molecule has 110 valence electrons. The van der Waals surface area contributed by atoms with Gasteiger partial charge in [-0.25, -0.2) is 0 Å². The minimum absolute atomic E-state index is 0. The molecule has 0 fully saturated rings. The third-order valence-corrected chi connectivity index (χ3v) is 4.20. The maximum Gasteiger partial charge on any atom is 0.303 e. The van der Waals surface area contributed by atoms with E-state index in [0.29, 0.717) is 0 Å². The molecule has 0 bridgehead atoms. The SMILES string of the molecule is CC1=[N+](CCCCC(=O)O)c2ccccc2C1(C)C.[I-]. The Hall–Kier alpha value is -0.910. The minimum Gasteiger partial charge on any atom is -1.00 e. The fraction of sp³-hybridized carbons (Fsp3) is 0.500. The summed E-state index contributed by atoms with van der Waals surface area (Å²) < 4.78 is 2.34. The second-order valence-corrected chi connectivity index (χ2v) is 5.73. The molecule has 4 heteroatoms. The molecule has 0 unspecified atom stereocenters. The van der Waals surface area contributed by atoms with Crippen LogP contribution in [0.2, 0.25) is 0 Å². The van der Waals surface area contributed by atoms with Crippen LogP contribution in [0.3, 0.4) is 0 Å². The zero-order valence-electron chi connectivity index (χ0n) is 12.3. The number of hydrogen-bond acceptors (Lipinski definition) is 1. The molecule has 1 heterocycles. The Morgan fingerprint density at radius 2 is 1.90 bits per heavy atom. The van der Waals surface area contributed by atoms with Crippen LogP contribution in [0.25, 0.3) is 0 Å². The number of hydrogen-bond donors (Lipinski definition) is 1. The minimum atomic E-state index is -0.706. The Morgan fingerprint density at radius 1 is 1.25 bits per heavy atom. The first-order chi connectivity index (χ1) is 8.94. The van der Waals surface area contributed by atoms with Crippen LogP contribution in [0.15, 0.2) is 24.3 Å². The van der Waals surface area contributed by atoms with Gasteiger partial charge in [0.2, 0.25) is 5.69 Å². The second kappa shape index (κ2) is 6.70. The summed E-state index contributed by atoms with van der Waals surface area (Å²) in [7, 11) is 0. The monoisotopic (exact) mass is 387 g/mol. The largest absolute Gasteiger partial charge is 1.00 e. The number of carboxylic acids is 1. The number of carbonyl (C=O) groups is 1. The highest BCUT2D eigenvalue weighted by Crippen LogP contribution is 2.39. The van der Waals surface area contributed by atoms with Crippen molar-refractivity contribution in [2.75, 3.05) is 6.54 Å². The smallest absolute Gasteiger partial charge is 0.303 e. The Kier molecular flexibility index (Phi) is 5.74. The standard InChI is InChI=1S/C16H21NO2.HI/c1-12-16(2,3)13-8-4-5-9-14(13)17(12)11-7-6-10-15(18)19;/h4-5,8-9H,6-7,10-11H2,1-3H3;1H. The van der Waals surface area contributed by atoms with Crippen LogP contribution >= 0.6 is 0 Å². The third-order valence-electron chi connectivity index (χ3n) is 4.20. The molecule has 0 atom stereocenters. The highest BCUT2D eigenvalue weighted by atomic mass is 127. The number of nitrogens with zero attached hydrogens (tertiary/aromatic N) is 1. The summed E-state index contributed by atoms with van der Waals surface area (Å²) in [5, 5.41) is 8.68. The van der Waals surface area contributed by atoms with Crippen LogP contribution in [-0.2, 0) is 10.2 Å². The lowest BCUT2D eigenvalue weighted by atomic mass is 9.82. The van der Waals surface area contributed by atoms with E-state index in [0.717, 1.165) is 19.4 Å². The molecule has 0 amide bonds. The summed E-state index contributed by atoms with van der Waals surface area (Å²) in [6.07, 6.45) is 1.91. The van der Waals surface area contributed by atoms with Gasteiger partial charge in [-0.2, -0.15) is 4.58 Å². The van der Waals surface area contributed by atoms with Gasteiger partial charge in [0.05, 0.1) is 5.41 Å². The molecule has 20 heavy (non-hydrogen) atoms. The lowest BCUT2D eigenvalue weighted by Crippen LogP contribution is -3.00. The number of halogens is 1. The molecule has 0 aromatic heterocycles. The molecular weight excluding hydrogens is 365 g/mol. The summed E-state index contributed by atoms with van der Waals surface area (Å²) >= 11 is 0. The highest BCUT2D eigenvalue weighted by molar-refractivity contribution is 5.93. The average molecular weight is 387 g/mol. The van der Waals surface area contributed by atoms with E-state index in [1.807, 2.05) is 0 Å². The highest BCUT2D eigenvalue weighted by Gasteiger charge is 2.42. The van der Waals surface area contributed by atoms with E-state index in [2.05, 4.69) is 49.6 Å². The number of carboxylic acid groups (broad SMARTS) is 1.